The molecule has 8 nitrogen and oxygen atoms in total. The van der Waals surface area contributed by atoms with Crippen molar-refractivity contribution < 1.29 is 23.5 Å². The van der Waals surface area contributed by atoms with E-state index in [0.717, 1.165) is 18.4 Å². The lowest BCUT2D eigenvalue weighted by molar-refractivity contribution is -0.134. The van der Waals surface area contributed by atoms with Gasteiger partial charge in [0.2, 0.25) is 5.91 Å². The first-order valence-corrected chi connectivity index (χ1v) is 11.8. The molecule has 4 rings (SSSR count). The number of carbonyl (C=O) groups is 3. The molecule has 186 valence electrons. The Kier molecular flexibility index (Phi) is 6.95. The van der Waals surface area contributed by atoms with Gasteiger partial charge in [-0.1, -0.05) is 26.0 Å². The van der Waals surface area contributed by atoms with Crippen molar-refractivity contribution in [1.82, 2.24) is 10.2 Å². The van der Waals surface area contributed by atoms with E-state index in [1.165, 1.54) is 23.1 Å². The van der Waals surface area contributed by atoms with Gasteiger partial charge in [-0.2, -0.15) is 0 Å². The highest BCUT2D eigenvalue weighted by Crippen LogP contribution is 2.33. The van der Waals surface area contributed by atoms with E-state index in [4.69, 9.17) is 4.74 Å². The van der Waals surface area contributed by atoms with E-state index in [-0.39, 0.29) is 35.9 Å². The zero-order valence-corrected chi connectivity index (χ0v) is 20.3. The van der Waals surface area contributed by atoms with Crippen molar-refractivity contribution in [3.63, 3.8) is 0 Å². The van der Waals surface area contributed by atoms with Crippen LogP contribution in [-0.2, 0) is 9.59 Å². The fraction of sp³-hybridized carbons (Fsp3) is 0.423. The molecule has 1 fully saturated rings. The first kappa shape index (κ1) is 24.5. The highest BCUT2D eigenvalue weighted by atomic mass is 19.1. The highest BCUT2D eigenvalue weighted by Gasteiger charge is 2.36. The van der Waals surface area contributed by atoms with Crippen LogP contribution in [0.5, 0.6) is 5.75 Å². The number of aryl methyl sites for hydroxylation is 1. The molecule has 0 aromatic heterocycles. The molecule has 2 heterocycles. The van der Waals surface area contributed by atoms with E-state index in [1.54, 1.807) is 17.0 Å². The van der Waals surface area contributed by atoms with E-state index >= 15 is 0 Å². The molecule has 9 heteroatoms. The summed E-state index contributed by atoms with van der Waals surface area (Å²) < 4.78 is 19.9. The number of ether oxygens (including phenoxy) is 1. The second-order valence-corrected chi connectivity index (χ2v) is 9.95. The molecular formula is C26H31FN4O4. The van der Waals surface area contributed by atoms with Crippen LogP contribution in [0.4, 0.5) is 20.6 Å². The smallest absolute Gasteiger partial charge is 0.320 e. The monoisotopic (exact) mass is 482 g/mol. The summed E-state index contributed by atoms with van der Waals surface area (Å²) in [6, 6.07) is 9.43. The minimum Gasteiger partial charge on any atom is -0.489 e. The van der Waals surface area contributed by atoms with Crippen molar-refractivity contribution in [2.24, 2.45) is 5.41 Å². The molecule has 2 aliphatic rings. The Balaban J connectivity index is 1.54. The number of nitrogens with one attached hydrogen (secondary N) is 2. The predicted molar refractivity (Wildman–Crippen MR) is 131 cm³/mol. The third kappa shape index (κ3) is 5.90. The lowest BCUT2D eigenvalue weighted by atomic mass is 9.84. The summed E-state index contributed by atoms with van der Waals surface area (Å²) in [5.41, 5.74) is 1.71. The van der Waals surface area contributed by atoms with Crippen LogP contribution in [0.2, 0.25) is 0 Å². The zero-order valence-electron chi connectivity index (χ0n) is 20.3. The maximum Gasteiger partial charge on any atom is 0.320 e. The number of likely N-dealkylation sites (tertiary alicyclic amines) is 1. The summed E-state index contributed by atoms with van der Waals surface area (Å²) in [5, 5.41) is 5.34. The van der Waals surface area contributed by atoms with Gasteiger partial charge in [-0.25, -0.2) is 9.18 Å². The Morgan fingerprint density at radius 1 is 1.20 bits per heavy atom. The van der Waals surface area contributed by atoms with Crippen molar-refractivity contribution in [2.45, 2.75) is 39.7 Å². The Hall–Kier alpha value is -3.62. The summed E-state index contributed by atoms with van der Waals surface area (Å²) >= 11 is 0. The van der Waals surface area contributed by atoms with Crippen molar-refractivity contribution >= 4 is 29.2 Å². The molecule has 2 aromatic carbocycles. The maximum atomic E-state index is 14.1. The molecule has 2 aliphatic heterocycles. The van der Waals surface area contributed by atoms with Crippen LogP contribution >= 0.6 is 0 Å². The molecule has 0 unspecified atom stereocenters. The van der Waals surface area contributed by atoms with Gasteiger partial charge in [-0.05, 0) is 55.0 Å². The number of fused-ring (bicyclic) bond motifs is 1. The van der Waals surface area contributed by atoms with Crippen molar-refractivity contribution in [1.29, 1.82) is 0 Å². The lowest BCUT2D eigenvalue weighted by Gasteiger charge is -2.39. The normalized spacial score (nSPS) is 19.3. The molecule has 1 atom stereocenters. The second kappa shape index (κ2) is 9.93. The Bertz CT molecular complexity index is 1140. The number of hydrogen-bond donors (Lipinski definition) is 2. The first-order chi connectivity index (χ1) is 16.6. The summed E-state index contributed by atoms with van der Waals surface area (Å²) in [7, 11) is 0. The van der Waals surface area contributed by atoms with Gasteiger partial charge >= 0.3 is 6.03 Å². The number of benzene rings is 2. The number of urea groups is 1. The lowest BCUT2D eigenvalue weighted by Crippen LogP contribution is -2.54. The van der Waals surface area contributed by atoms with Gasteiger partial charge in [-0.15, -0.1) is 0 Å². The average molecular weight is 483 g/mol. The fourth-order valence-corrected chi connectivity index (χ4v) is 4.56. The van der Waals surface area contributed by atoms with Crippen LogP contribution in [0, 0.1) is 18.2 Å². The van der Waals surface area contributed by atoms with Gasteiger partial charge in [0.15, 0.2) is 0 Å². The number of nitrogens with zero attached hydrogens (tertiary/aromatic N) is 2. The number of anilines is 2. The van der Waals surface area contributed by atoms with Crippen molar-refractivity contribution in [3.8, 4) is 5.75 Å². The second-order valence-electron chi connectivity index (χ2n) is 9.95. The van der Waals surface area contributed by atoms with Crippen LogP contribution in [0.15, 0.2) is 42.5 Å². The number of piperidine rings is 1. The SMILES string of the molecule is Cc1cccc(NC(=O)N[C@@H]2COc3ccc(F)cc3N(CC(=O)N3CCCC(C)(C)C3)C2=O)c1. The van der Waals surface area contributed by atoms with Crippen LogP contribution < -0.4 is 20.3 Å². The number of rotatable bonds is 4. The summed E-state index contributed by atoms with van der Waals surface area (Å²) in [4.78, 5) is 42.3. The van der Waals surface area contributed by atoms with Crippen molar-refractivity contribution in [2.75, 3.05) is 36.5 Å². The van der Waals surface area contributed by atoms with Gasteiger partial charge in [0.25, 0.3) is 5.91 Å². The fourth-order valence-electron chi connectivity index (χ4n) is 4.56. The highest BCUT2D eigenvalue weighted by molar-refractivity contribution is 6.05. The van der Waals surface area contributed by atoms with E-state index < -0.39 is 23.8 Å². The predicted octanol–water partition coefficient (Wildman–Crippen LogP) is 3.70. The van der Waals surface area contributed by atoms with Crippen LogP contribution in [0.3, 0.4) is 0 Å². The van der Waals surface area contributed by atoms with Crippen LogP contribution in [0.25, 0.3) is 0 Å². The molecule has 0 spiro atoms. The molecule has 0 aliphatic carbocycles. The Morgan fingerprint density at radius 2 is 2.00 bits per heavy atom. The molecule has 2 N–H and O–H groups in total. The number of amides is 4. The standard InChI is InChI=1S/C26H31FN4O4/c1-17-6-4-7-19(12-17)28-25(34)29-20-15-35-22-9-8-18(27)13-21(22)31(24(20)33)14-23(32)30-11-5-10-26(2,3)16-30/h4,6-9,12-13,20H,5,10-11,14-16H2,1-3H3,(H2,28,29,34)/t20-/m1/s1. The number of hydrogen-bond acceptors (Lipinski definition) is 4. The minimum absolute atomic E-state index is 0.0121. The molecule has 35 heavy (non-hydrogen) atoms. The zero-order chi connectivity index (χ0) is 25.2. The molecule has 2 aromatic rings. The molecule has 1 saturated heterocycles. The Morgan fingerprint density at radius 3 is 2.74 bits per heavy atom. The summed E-state index contributed by atoms with van der Waals surface area (Å²) in [6.45, 7) is 6.88. The topological polar surface area (TPSA) is 91.0 Å². The largest absolute Gasteiger partial charge is 0.489 e. The van der Waals surface area contributed by atoms with Gasteiger partial charge in [0.05, 0.1) is 5.69 Å². The van der Waals surface area contributed by atoms with E-state index in [0.29, 0.717) is 18.8 Å². The first-order valence-electron chi connectivity index (χ1n) is 11.8. The molecular weight excluding hydrogens is 451 g/mol. The summed E-state index contributed by atoms with van der Waals surface area (Å²) in [5.74, 6) is -1.06. The maximum absolute atomic E-state index is 14.1. The van der Waals surface area contributed by atoms with Crippen LogP contribution in [-0.4, -0.2) is 55.0 Å². The van der Waals surface area contributed by atoms with Gasteiger partial charge in [-0.3, -0.25) is 14.5 Å². The van der Waals surface area contributed by atoms with E-state index in [9.17, 15) is 18.8 Å². The quantitative estimate of drug-likeness (QED) is 0.695. The molecule has 0 bridgehead atoms. The van der Waals surface area contributed by atoms with Crippen LogP contribution in [0.1, 0.15) is 32.3 Å². The molecule has 0 saturated carbocycles. The Labute approximate surface area is 204 Å². The van der Waals surface area contributed by atoms with E-state index in [2.05, 4.69) is 24.5 Å². The minimum atomic E-state index is -1.07. The average Bonchev–Trinajstić information content (AvgIpc) is 2.90. The third-order valence-electron chi connectivity index (χ3n) is 6.31. The van der Waals surface area contributed by atoms with Crippen molar-refractivity contribution in [3.05, 3.63) is 53.8 Å². The molecule has 0 radical (unpaired) electrons. The summed E-state index contributed by atoms with van der Waals surface area (Å²) in [6.07, 6.45) is 1.90. The number of carbonyl (C=O) groups excluding carboxylic acids is 3. The van der Waals surface area contributed by atoms with Gasteiger partial charge in [0.1, 0.15) is 30.8 Å². The number of halogens is 1. The third-order valence-corrected chi connectivity index (χ3v) is 6.31. The van der Waals surface area contributed by atoms with Gasteiger partial charge < -0.3 is 20.3 Å². The van der Waals surface area contributed by atoms with Gasteiger partial charge in [0, 0.05) is 24.8 Å². The van der Waals surface area contributed by atoms with E-state index in [1.807, 2.05) is 19.1 Å². The molecule has 4 amide bonds.